The van der Waals surface area contributed by atoms with Gasteiger partial charge < -0.3 is 0 Å². The summed E-state index contributed by atoms with van der Waals surface area (Å²) in [6.07, 6.45) is 31.2. The fourth-order valence-corrected chi connectivity index (χ4v) is 7.04. The van der Waals surface area contributed by atoms with Crippen LogP contribution in [0.1, 0.15) is 136 Å². The zero-order chi connectivity index (χ0) is 25.0. The van der Waals surface area contributed by atoms with Crippen LogP contribution < -0.4 is 0 Å². The lowest BCUT2D eigenvalue weighted by atomic mass is 10.1. The highest BCUT2D eigenvalue weighted by Crippen LogP contribution is 2.46. The molecule has 0 rings (SSSR count). The van der Waals surface area contributed by atoms with Gasteiger partial charge >= 0.3 is 7.82 Å². The van der Waals surface area contributed by atoms with Gasteiger partial charge in [0.2, 0.25) is 0 Å². The Morgan fingerprint density at radius 3 is 0.909 bits per heavy atom. The van der Waals surface area contributed by atoms with E-state index in [0.717, 1.165) is 0 Å². The molecule has 0 aliphatic carbocycles. The molecule has 0 aliphatic rings. The van der Waals surface area contributed by atoms with Crippen LogP contribution in [-0.4, -0.2) is 39.8 Å². The smallest absolute Gasteiger partial charge is 0.290 e. The Morgan fingerprint density at radius 2 is 0.697 bits per heavy atom. The lowest BCUT2D eigenvalue weighted by Gasteiger charge is -2.18. The third kappa shape index (κ3) is 27.0. The van der Waals surface area contributed by atoms with Gasteiger partial charge in [0.15, 0.2) is 0 Å². The molecule has 0 aromatic rings. The van der Waals surface area contributed by atoms with Gasteiger partial charge in [-0.3, -0.25) is 13.6 Å². The molecule has 0 N–H and O–H groups in total. The number of hydrogen-bond donors (Lipinski definition) is 0. The number of rotatable bonds is 24. The Kier molecular flexibility index (Phi) is 31.1. The van der Waals surface area contributed by atoms with E-state index in [2.05, 4.69) is 34.3 Å². The van der Waals surface area contributed by atoms with Crippen molar-refractivity contribution in [3.05, 3.63) is 0 Å². The molecule has 0 saturated heterocycles. The molecule has 0 atom stereocenters. The van der Waals surface area contributed by atoms with Crippen LogP contribution >= 0.6 is 15.7 Å². The Balaban J connectivity index is 0. The second-order valence-corrected chi connectivity index (χ2v) is 13.8. The maximum atomic E-state index is 10.7. The predicted octanol–water partition coefficient (Wildman–Crippen LogP) is 10.6. The molecule has 0 saturated carbocycles. The first kappa shape index (κ1) is 35.7. The molecule has 0 unspecified atom stereocenters. The highest BCUT2D eigenvalue weighted by atomic mass is 31.2. The van der Waals surface area contributed by atoms with E-state index in [1.807, 2.05) is 0 Å². The fraction of sp³-hybridized carbons (Fsp3) is 1.00. The number of phosphoric acid groups is 1. The van der Waals surface area contributed by atoms with Crippen molar-refractivity contribution < 1.29 is 18.1 Å². The molecule has 0 aromatic carbocycles. The van der Waals surface area contributed by atoms with Crippen LogP contribution in [0.25, 0.3) is 0 Å². The zero-order valence-corrected chi connectivity index (χ0v) is 25.2. The van der Waals surface area contributed by atoms with Crippen molar-refractivity contribution in [2.24, 2.45) is 0 Å². The lowest BCUT2D eigenvalue weighted by Crippen LogP contribution is -1.97. The molecule has 202 valence electrons. The van der Waals surface area contributed by atoms with Gasteiger partial charge in [0.05, 0.1) is 0 Å². The minimum Gasteiger partial charge on any atom is -0.290 e. The summed E-state index contributed by atoms with van der Waals surface area (Å²) in [6.45, 7) is 6.96. The minimum absolute atomic E-state index is 0.366. The highest BCUT2D eigenvalue weighted by molar-refractivity contribution is 7.57. The van der Waals surface area contributed by atoms with Crippen LogP contribution in [0.15, 0.2) is 0 Å². The number of hydrogen-bond acceptors (Lipinski definition) is 4. The normalized spacial score (nSPS) is 11.6. The van der Waals surface area contributed by atoms with E-state index in [1.54, 1.807) is 18.5 Å². The molecule has 0 amide bonds. The Labute approximate surface area is 210 Å². The van der Waals surface area contributed by atoms with Gasteiger partial charge in [-0.05, 0) is 37.7 Å². The van der Waals surface area contributed by atoms with E-state index >= 15 is 0 Å². The van der Waals surface area contributed by atoms with Crippen molar-refractivity contribution in [2.45, 2.75) is 136 Å². The van der Waals surface area contributed by atoms with Crippen LogP contribution in [-0.2, 0) is 18.1 Å². The largest absolute Gasteiger partial charge is 0.473 e. The first-order valence-electron chi connectivity index (χ1n) is 14.0. The van der Waals surface area contributed by atoms with Crippen LogP contribution in [0.2, 0.25) is 0 Å². The summed E-state index contributed by atoms with van der Waals surface area (Å²) < 4.78 is 23.7. The van der Waals surface area contributed by atoms with Crippen molar-refractivity contribution in [3.8, 4) is 0 Å². The van der Waals surface area contributed by atoms with E-state index in [4.69, 9.17) is 0 Å². The molecule has 0 radical (unpaired) electrons. The van der Waals surface area contributed by atoms with Crippen LogP contribution in [0, 0.1) is 0 Å². The summed E-state index contributed by atoms with van der Waals surface area (Å²) in [4.78, 5) is 0. The van der Waals surface area contributed by atoms with Crippen molar-refractivity contribution in [3.63, 3.8) is 0 Å². The summed E-state index contributed by atoms with van der Waals surface area (Å²) in [6, 6.07) is 0. The lowest BCUT2D eigenvalue weighted by molar-refractivity contribution is 0.178. The first-order valence-corrected chi connectivity index (χ1v) is 17.4. The second-order valence-electron chi connectivity index (χ2n) is 9.14. The van der Waals surface area contributed by atoms with Crippen LogP contribution in [0.5, 0.6) is 0 Å². The molecular weight excluding hydrogens is 450 g/mol. The topological polar surface area (TPSA) is 44.8 Å². The van der Waals surface area contributed by atoms with E-state index in [-0.39, 0.29) is 0 Å². The SMILES string of the molecule is CCCCCCCCP(CCCCCCCC)CCCCCCCC.COP(=O)(OC)OC. The first-order chi connectivity index (χ1) is 16.0. The van der Waals surface area contributed by atoms with Crippen molar-refractivity contribution in [1.29, 1.82) is 0 Å². The zero-order valence-electron chi connectivity index (χ0n) is 23.4. The molecule has 0 spiro atoms. The molecule has 0 bridgehead atoms. The van der Waals surface area contributed by atoms with Gasteiger partial charge in [-0.1, -0.05) is 117 Å². The molecule has 0 aromatic heterocycles. The van der Waals surface area contributed by atoms with Gasteiger partial charge in [-0.2, -0.15) is 0 Å². The Bertz CT molecular complexity index is 351. The van der Waals surface area contributed by atoms with Gasteiger partial charge in [0.1, 0.15) is 0 Å². The van der Waals surface area contributed by atoms with Gasteiger partial charge in [-0.25, -0.2) is 4.57 Å². The van der Waals surface area contributed by atoms with E-state index in [9.17, 15) is 4.57 Å². The van der Waals surface area contributed by atoms with Gasteiger partial charge in [-0.15, -0.1) is 7.92 Å². The summed E-state index contributed by atoms with van der Waals surface area (Å²) in [5.41, 5.74) is 0. The average molecular weight is 511 g/mol. The molecule has 6 heteroatoms. The minimum atomic E-state index is -3.16. The maximum absolute atomic E-state index is 10.7. The molecule has 0 aliphatic heterocycles. The van der Waals surface area contributed by atoms with E-state index in [1.165, 1.54) is 137 Å². The molecule has 0 fully saturated rings. The quantitative estimate of drug-likeness (QED) is 0.0956. The Morgan fingerprint density at radius 1 is 0.455 bits per heavy atom. The van der Waals surface area contributed by atoms with Crippen molar-refractivity contribution in [1.82, 2.24) is 0 Å². The fourth-order valence-electron chi connectivity index (χ4n) is 3.91. The molecule has 4 nitrogen and oxygen atoms in total. The average Bonchev–Trinajstić information content (AvgIpc) is 2.84. The Hall–Kier alpha value is 0.540. The highest BCUT2D eigenvalue weighted by Gasteiger charge is 2.18. The second kappa shape index (κ2) is 28.8. The van der Waals surface area contributed by atoms with Crippen molar-refractivity contribution in [2.75, 3.05) is 39.8 Å². The summed E-state index contributed by atoms with van der Waals surface area (Å²) >= 11 is 0. The van der Waals surface area contributed by atoms with E-state index < -0.39 is 7.82 Å². The summed E-state index contributed by atoms with van der Waals surface area (Å²) in [7, 11) is 0.977. The maximum Gasteiger partial charge on any atom is 0.473 e. The summed E-state index contributed by atoms with van der Waals surface area (Å²) in [5, 5.41) is 0. The standard InChI is InChI=1S/C24H51P.C3H9O4P/c1-4-7-10-13-16-19-22-25(23-20-17-14-11-8-5-2)24-21-18-15-12-9-6-3;1-5-8(4,6-2)7-3/h4-24H2,1-3H3;1-3H3. The molecule has 33 heavy (non-hydrogen) atoms. The number of phosphoric ester groups is 1. The molecular formula is C27H60O4P2. The predicted molar refractivity (Wildman–Crippen MR) is 150 cm³/mol. The monoisotopic (exact) mass is 510 g/mol. The van der Waals surface area contributed by atoms with Gasteiger partial charge in [0, 0.05) is 21.3 Å². The number of unbranched alkanes of at least 4 members (excludes halogenated alkanes) is 15. The third-order valence-electron chi connectivity index (χ3n) is 6.15. The summed E-state index contributed by atoms with van der Waals surface area (Å²) in [5.74, 6) is 0. The van der Waals surface area contributed by atoms with Crippen LogP contribution in [0.3, 0.4) is 0 Å². The van der Waals surface area contributed by atoms with E-state index in [0.29, 0.717) is 7.92 Å². The van der Waals surface area contributed by atoms with Crippen molar-refractivity contribution >= 4 is 15.7 Å². The van der Waals surface area contributed by atoms with Crippen LogP contribution in [0.4, 0.5) is 0 Å². The third-order valence-corrected chi connectivity index (χ3v) is 10.3. The van der Waals surface area contributed by atoms with Gasteiger partial charge in [0.25, 0.3) is 0 Å². The molecule has 0 heterocycles.